The molecule has 2 aliphatic rings. The Balaban J connectivity index is 1.67. The van der Waals surface area contributed by atoms with Gasteiger partial charge in [0.2, 0.25) is 6.79 Å². The first kappa shape index (κ1) is 18.3. The molecule has 0 bridgehead atoms. The molecular formula is C17H9I2NO4S2. The third-order valence-electron chi connectivity index (χ3n) is 3.75. The van der Waals surface area contributed by atoms with E-state index in [0.717, 1.165) is 12.7 Å². The summed E-state index contributed by atoms with van der Waals surface area (Å²) in [6.45, 7) is 0.176. The van der Waals surface area contributed by atoms with Crippen LogP contribution in [0.25, 0.3) is 6.08 Å². The number of fused-ring (bicyclic) bond motifs is 1. The zero-order valence-electron chi connectivity index (χ0n) is 12.9. The number of ether oxygens (including phenoxy) is 2. The maximum atomic E-state index is 12.9. The first-order valence-corrected chi connectivity index (χ1v) is 10.7. The van der Waals surface area contributed by atoms with Crippen molar-refractivity contribution in [2.45, 2.75) is 0 Å². The molecule has 0 radical (unpaired) electrons. The summed E-state index contributed by atoms with van der Waals surface area (Å²) in [5, 5.41) is 9.89. The fourth-order valence-electron chi connectivity index (χ4n) is 2.53. The van der Waals surface area contributed by atoms with E-state index in [9.17, 15) is 9.90 Å². The average molecular weight is 609 g/mol. The molecule has 0 atom stereocenters. The Morgan fingerprint density at radius 2 is 1.85 bits per heavy atom. The SMILES string of the molecule is O=C1/C(=C\c2cc(I)c(O)c(I)c2)SC(=S)N1c1ccc2c(c1)OCO2. The second-order valence-electron chi connectivity index (χ2n) is 5.39. The van der Waals surface area contributed by atoms with Gasteiger partial charge in [-0.15, -0.1) is 0 Å². The number of phenols is 1. The van der Waals surface area contributed by atoms with Gasteiger partial charge in [-0.3, -0.25) is 9.69 Å². The van der Waals surface area contributed by atoms with E-state index in [1.165, 1.54) is 16.7 Å². The molecule has 2 aromatic rings. The molecule has 4 rings (SSSR count). The van der Waals surface area contributed by atoms with Crippen molar-refractivity contribution in [2.24, 2.45) is 0 Å². The molecule has 1 saturated heterocycles. The van der Waals surface area contributed by atoms with E-state index >= 15 is 0 Å². The van der Waals surface area contributed by atoms with Gasteiger partial charge in [0.05, 0.1) is 17.7 Å². The van der Waals surface area contributed by atoms with Gasteiger partial charge in [0, 0.05) is 6.07 Å². The van der Waals surface area contributed by atoms with E-state index in [0.29, 0.717) is 26.4 Å². The van der Waals surface area contributed by atoms with E-state index in [2.05, 4.69) is 45.2 Å². The number of phenolic OH excluding ortho intramolecular Hbond substituents is 1. The van der Waals surface area contributed by atoms with E-state index < -0.39 is 0 Å². The predicted octanol–water partition coefficient (Wildman–Crippen LogP) is 4.74. The minimum Gasteiger partial charge on any atom is -0.506 e. The molecule has 5 nitrogen and oxygen atoms in total. The molecule has 132 valence electrons. The second-order valence-corrected chi connectivity index (χ2v) is 9.39. The van der Waals surface area contributed by atoms with Crippen LogP contribution >= 0.6 is 69.2 Å². The maximum Gasteiger partial charge on any atom is 0.270 e. The highest BCUT2D eigenvalue weighted by Gasteiger charge is 2.34. The highest BCUT2D eigenvalue weighted by molar-refractivity contribution is 14.1. The summed E-state index contributed by atoms with van der Waals surface area (Å²) in [5.74, 6) is 1.32. The summed E-state index contributed by atoms with van der Waals surface area (Å²) < 4.78 is 12.6. The zero-order valence-corrected chi connectivity index (χ0v) is 18.8. The minimum atomic E-state index is -0.183. The van der Waals surface area contributed by atoms with Crippen LogP contribution in [0.5, 0.6) is 17.2 Å². The highest BCUT2D eigenvalue weighted by Crippen LogP contribution is 2.41. The maximum absolute atomic E-state index is 12.9. The standard InChI is InChI=1S/C17H9I2NO4S2/c18-10-3-8(4-11(19)15(10)21)5-14-16(22)20(17(25)26-14)9-1-2-12-13(6-9)24-7-23-12/h1-6,21H,7H2/b14-5+. The van der Waals surface area contributed by atoms with Gasteiger partial charge >= 0.3 is 0 Å². The zero-order chi connectivity index (χ0) is 18.4. The van der Waals surface area contributed by atoms with Gasteiger partial charge < -0.3 is 14.6 Å². The molecule has 0 unspecified atom stereocenters. The van der Waals surface area contributed by atoms with Crippen molar-refractivity contribution in [3.63, 3.8) is 0 Å². The van der Waals surface area contributed by atoms with Crippen LogP contribution in [-0.4, -0.2) is 22.1 Å². The van der Waals surface area contributed by atoms with Gasteiger partial charge in [0.25, 0.3) is 5.91 Å². The molecular weight excluding hydrogens is 600 g/mol. The molecule has 0 aliphatic carbocycles. The number of nitrogens with zero attached hydrogens (tertiary/aromatic N) is 1. The van der Waals surface area contributed by atoms with Gasteiger partial charge in [-0.1, -0.05) is 24.0 Å². The Labute approximate surface area is 186 Å². The topological polar surface area (TPSA) is 59.0 Å². The Bertz CT molecular complexity index is 970. The van der Waals surface area contributed by atoms with E-state index in [1.807, 2.05) is 12.1 Å². The Kier molecular flexibility index (Phi) is 5.05. The predicted molar refractivity (Wildman–Crippen MR) is 122 cm³/mol. The van der Waals surface area contributed by atoms with Gasteiger partial charge in [-0.05, 0) is 81.1 Å². The largest absolute Gasteiger partial charge is 0.506 e. The lowest BCUT2D eigenvalue weighted by Crippen LogP contribution is -2.27. The Morgan fingerprint density at radius 1 is 1.15 bits per heavy atom. The van der Waals surface area contributed by atoms with Crippen LogP contribution in [0, 0.1) is 7.14 Å². The lowest BCUT2D eigenvalue weighted by Gasteiger charge is -2.14. The minimum absolute atomic E-state index is 0.176. The van der Waals surface area contributed by atoms with E-state index in [-0.39, 0.29) is 18.4 Å². The summed E-state index contributed by atoms with van der Waals surface area (Å²) in [6, 6.07) is 8.96. The van der Waals surface area contributed by atoms with Crippen LogP contribution in [0.4, 0.5) is 5.69 Å². The summed E-state index contributed by atoms with van der Waals surface area (Å²) >= 11 is 10.8. The first-order valence-electron chi connectivity index (χ1n) is 7.29. The fraction of sp³-hybridized carbons (Fsp3) is 0.0588. The number of benzene rings is 2. The number of halogens is 2. The second kappa shape index (κ2) is 7.17. The number of carbonyl (C=O) groups excluding carboxylic acids is 1. The van der Waals surface area contributed by atoms with Crippen LogP contribution in [-0.2, 0) is 4.79 Å². The summed E-state index contributed by atoms with van der Waals surface area (Å²) in [4.78, 5) is 14.9. The highest BCUT2D eigenvalue weighted by atomic mass is 127. The molecule has 0 aromatic heterocycles. The number of anilines is 1. The van der Waals surface area contributed by atoms with Gasteiger partial charge in [-0.2, -0.15) is 0 Å². The number of thiocarbonyl (C=S) groups is 1. The quantitative estimate of drug-likeness (QED) is 0.302. The van der Waals surface area contributed by atoms with Gasteiger partial charge in [0.1, 0.15) is 5.75 Å². The molecule has 1 fully saturated rings. The fourth-order valence-corrected chi connectivity index (χ4v) is 5.65. The van der Waals surface area contributed by atoms with Crippen LogP contribution in [0.3, 0.4) is 0 Å². The normalized spacial score (nSPS) is 17.5. The monoisotopic (exact) mass is 609 g/mol. The van der Waals surface area contributed by atoms with Crippen LogP contribution < -0.4 is 14.4 Å². The number of hydrogen-bond acceptors (Lipinski definition) is 6. The number of aromatic hydroxyl groups is 1. The van der Waals surface area contributed by atoms with Crippen molar-refractivity contribution in [3.05, 3.63) is 47.9 Å². The molecule has 1 amide bonds. The number of rotatable bonds is 2. The van der Waals surface area contributed by atoms with Crippen LogP contribution in [0.2, 0.25) is 0 Å². The molecule has 26 heavy (non-hydrogen) atoms. The number of amides is 1. The van der Waals surface area contributed by atoms with Gasteiger partial charge in [-0.25, -0.2) is 0 Å². The third kappa shape index (κ3) is 3.29. The number of carbonyl (C=O) groups is 1. The van der Waals surface area contributed by atoms with Crippen LogP contribution in [0.1, 0.15) is 5.56 Å². The third-order valence-corrected chi connectivity index (χ3v) is 6.69. The Morgan fingerprint density at radius 3 is 2.58 bits per heavy atom. The first-order chi connectivity index (χ1) is 12.4. The van der Waals surface area contributed by atoms with Crippen LogP contribution in [0.15, 0.2) is 35.2 Å². The summed E-state index contributed by atoms with van der Waals surface area (Å²) in [6.07, 6.45) is 1.79. The van der Waals surface area contributed by atoms with Crippen molar-refractivity contribution in [1.29, 1.82) is 0 Å². The lowest BCUT2D eigenvalue weighted by atomic mass is 10.2. The number of thioether (sulfide) groups is 1. The molecule has 0 saturated carbocycles. The average Bonchev–Trinajstić information content (AvgIpc) is 3.16. The van der Waals surface area contributed by atoms with E-state index in [4.69, 9.17) is 21.7 Å². The van der Waals surface area contributed by atoms with E-state index in [1.54, 1.807) is 24.3 Å². The van der Waals surface area contributed by atoms with Gasteiger partial charge in [0.15, 0.2) is 15.8 Å². The summed E-state index contributed by atoms with van der Waals surface area (Å²) in [7, 11) is 0. The van der Waals surface area contributed by atoms with Crippen molar-refractivity contribution in [3.8, 4) is 17.2 Å². The molecule has 1 N–H and O–H groups in total. The molecule has 9 heteroatoms. The molecule has 2 aliphatic heterocycles. The van der Waals surface area contributed by atoms with Crippen molar-refractivity contribution >= 4 is 91.2 Å². The molecule has 2 aromatic carbocycles. The summed E-state index contributed by atoms with van der Waals surface area (Å²) in [5.41, 5.74) is 1.48. The molecule has 2 heterocycles. The van der Waals surface area contributed by atoms with Crippen molar-refractivity contribution in [2.75, 3.05) is 11.7 Å². The Hall–Kier alpha value is -1.05. The lowest BCUT2D eigenvalue weighted by molar-refractivity contribution is -0.113. The number of hydrogen-bond donors (Lipinski definition) is 1. The molecule has 0 spiro atoms. The smallest absolute Gasteiger partial charge is 0.270 e. The van der Waals surface area contributed by atoms with Crippen molar-refractivity contribution < 1.29 is 19.4 Å². The van der Waals surface area contributed by atoms with Crippen molar-refractivity contribution in [1.82, 2.24) is 0 Å².